The number of carbonyl (C=O) groups is 3. The average molecular weight is 275 g/mol. The van der Waals surface area contributed by atoms with E-state index < -0.39 is 24.1 Å². The smallest absolute Gasteiger partial charge is 0.332 e. The van der Waals surface area contributed by atoms with Gasteiger partial charge in [-0.15, -0.1) is 0 Å². The molecule has 0 radical (unpaired) electrons. The van der Waals surface area contributed by atoms with Gasteiger partial charge in [0.05, 0.1) is 0 Å². The van der Waals surface area contributed by atoms with Crippen LogP contribution in [0.15, 0.2) is 0 Å². The van der Waals surface area contributed by atoms with Gasteiger partial charge in [0.1, 0.15) is 6.04 Å². The number of amides is 3. The molecule has 0 spiro atoms. The Morgan fingerprint density at radius 3 is 2.32 bits per heavy atom. The third-order valence-corrected chi connectivity index (χ3v) is 2.28. The highest BCUT2D eigenvalue weighted by atomic mass is 16.4. The van der Waals surface area contributed by atoms with Crippen LogP contribution in [0.25, 0.3) is 0 Å². The van der Waals surface area contributed by atoms with Crippen molar-refractivity contribution in [2.45, 2.75) is 38.8 Å². The second-order valence-electron chi connectivity index (χ2n) is 4.06. The van der Waals surface area contributed by atoms with E-state index in [1.54, 1.807) is 0 Å². The lowest BCUT2D eigenvalue weighted by atomic mass is 10.2. The van der Waals surface area contributed by atoms with Crippen LogP contribution in [0.1, 0.15) is 26.7 Å². The Hall–Kier alpha value is -1.83. The lowest BCUT2D eigenvalue weighted by molar-refractivity contribution is -0.146. The second kappa shape index (κ2) is 9.15. The van der Waals surface area contributed by atoms with E-state index in [2.05, 4.69) is 16.0 Å². The van der Waals surface area contributed by atoms with Crippen molar-refractivity contribution in [3.63, 3.8) is 0 Å². The zero-order valence-corrected chi connectivity index (χ0v) is 11.1. The van der Waals surface area contributed by atoms with Gasteiger partial charge in [-0.3, -0.25) is 4.79 Å². The molecule has 8 nitrogen and oxygen atoms in total. The predicted octanol–water partition coefficient (Wildman–Crippen LogP) is -0.964. The van der Waals surface area contributed by atoms with Gasteiger partial charge in [-0.1, -0.05) is 6.92 Å². The van der Waals surface area contributed by atoms with Gasteiger partial charge in [-0.05, 0) is 13.3 Å². The molecule has 0 saturated carbocycles. The van der Waals surface area contributed by atoms with E-state index in [1.807, 2.05) is 6.92 Å². The van der Waals surface area contributed by atoms with E-state index in [4.69, 9.17) is 10.2 Å². The molecule has 0 aromatic heterocycles. The molecule has 5 N–H and O–H groups in total. The first kappa shape index (κ1) is 17.2. The topological polar surface area (TPSA) is 128 Å². The summed E-state index contributed by atoms with van der Waals surface area (Å²) in [6, 6.07) is -1.27. The highest BCUT2D eigenvalue weighted by Gasteiger charge is 2.16. The fourth-order valence-corrected chi connectivity index (χ4v) is 1.16. The molecule has 2 atom stereocenters. The first-order valence-electron chi connectivity index (χ1n) is 6.11. The summed E-state index contributed by atoms with van der Waals surface area (Å²) in [5, 5.41) is 24.8. The number of hydrogen-bond donors (Lipinski definition) is 5. The monoisotopic (exact) mass is 275 g/mol. The number of nitrogens with one attached hydrogen (secondary N) is 3. The normalized spacial score (nSPS) is 13.2. The third kappa shape index (κ3) is 7.98. The van der Waals surface area contributed by atoms with Crippen molar-refractivity contribution in [1.82, 2.24) is 16.0 Å². The largest absolute Gasteiger partial charge is 0.479 e. The van der Waals surface area contributed by atoms with E-state index in [9.17, 15) is 14.4 Å². The number of aliphatic carboxylic acids is 1. The first-order valence-corrected chi connectivity index (χ1v) is 6.11. The molecule has 0 fully saturated rings. The highest BCUT2D eigenvalue weighted by Crippen LogP contribution is 1.89. The number of carboxylic acids is 1. The number of urea groups is 1. The van der Waals surface area contributed by atoms with Crippen molar-refractivity contribution < 1.29 is 24.6 Å². The minimum absolute atomic E-state index is 0.00258. The molecular formula is C11H21N3O5. The summed E-state index contributed by atoms with van der Waals surface area (Å²) >= 11 is 0. The van der Waals surface area contributed by atoms with E-state index in [0.717, 1.165) is 6.42 Å². The van der Waals surface area contributed by atoms with Gasteiger partial charge in [0.2, 0.25) is 5.91 Å². The van der Waals surface area contributed by atoms with Gasteiger partial charge in [0, 0.05) is 19.5 Å². The van der Waals surface area contributed by atoms with Crippen LogP contribution in [0, 0.1) is 0 Å². The quantitative estimate of drug-likeness (QED) is 0.389. The Labute approximate surface area is 111 Å². The molecule has 1 unspecified atom stereocenters. The van der Waals surface area contributed by atoms with Crippen LogP contribution in [0.5, 0.6) is 0 Å². The summed E-state index contributed by atoms with van der Waals surface area (Å²) in [5.41, 5.74) is 0. The van der Waals surface area contributed by atoms with Crippen LogP contribution >= 0.6 is 0 Å². The Morgan fingerprint density at radius 1 is 1.16 bits per heavy atom. The number of aliphatic hydroxyl groups excluding tert-OH is 1. The van der Waals surface area contributed by atoms with Gasteiger partial charge >= 0.3 is 12.0 Å². The molecule has 0 rings (SSSR count). The Bertz CT molecular complexity index is 321. The predicted molar refractivity (Wildman–Crippen MR) is 67.6 cm³/mol. The summed E-state index contributed by atoms with van der Waals surface area (Å²) in [4.78, 5) is 33.1. The summed E-state index contributed by atoms with van der Waals surface area (Å²) in [7, 11) is 0. The van der Waals surface area contributed by atoms with Crippen LogP contribution in [-0.2, 0) is 9.59 Å². The van der Waals surface area contributed by atoms with Gasteiger partial charge in [0.25, 0.3) is 0 Å². The maximum absolute atomic E-state index is 11.4. The highest BCUT2D eigenvalue weighted by molar-refractivity contribution is 5.86. The molecule has 0 aromatic carbocycles. The zero-order chi connectivity index (χ0) is 14.8. The molecule has 0 saturated heterocycles. The number of aliphatic hydroxyl groups is 1. The fraction of sp³-hybridized carbons (Fsp3) is 0.727. The Morgan fingerprint density at radius 2 is 1.79 bits per heavy atom. The summed E-state index contributed by atoms with van der Waals surface area (Å²) in [6.45, 7) is 4.00. The van der Waals surface area contributed by atoms with Crippen LogP contribution < -0.4 is 16.0 Å². The second-order valence-corrected chi connectivity index (χ2v) is 4.06. The van der Waals surface area contributed by atoms with Crippen LogP contribution in [0.4, 0.5) is 4.79 Å². The average Bonchev–Trinajstić information content (AvgIpc) is 2.35. The van der Waals surface area contributed by atoms with Crippen molar-refractivity contribution in [3.05, 3.63) is 0 Å². The SMILES string of the molecule is CCCNC(=O)C(C)NC(=O)NCC[C@H](O)C(=O)O. The molecule has 0 aliphatic rings. The molecular weight excluding hydrogens is 254 g/mol. The standard InChI is InChI=1S/C11H21N3O5/c1-3-5-12-9(16)7(2)14-11(19)13-6-4-8(15)10(17)18/h7-8,15H,3-6H2,1-2H3,(H,12,16)(H,17,18)(H2,13,14,19)/t7?,8-/m0/s1. The van der Waals surface area contributed by atoms with Gasteiger partial charge in [-0.2, -0.15) is 0 Å². The van der Waals surface area contributed by atoms with E-state index in [1.165, 1.54) is 6.92 Å². The zero-order valence-electron chi connectivity index (χ0n) is 11.1. The van der Waals surface area contributed by atoms with Gasteiger partial charge in [-0.25, -0.2) is 9.59 Å². The molecule has 0 aromatic rings. The molecule has 0 aliphatic carbocycles. The minimum Gasteiger partial charge on any atom is -0.479 e. The Balaban J connectivity index is 3.85. The summed E-state index contributed by atoms with van der Waals surface area (Å²) in [5.74, 6) is -1.63. The third-order valence-electron chi connectivity index (χ3n) is 2.28. The van der Waals surface area contributed by atoms with Crippen molar-refractivity contribution in [1.29, 1.82) is 0 Å². The first-order chi connectivity index (χ1) is 8.88. The number of hydrogen-bond acceptors (Lipinski definition) is 4. The number of rotatable bonds is 8. The maximum Gasteiger partial charge on any atom is 0.332 e. The molecule has 19 heavy (non-hydrogen) atoms. The van der Waals surface area contributed by atoms with Crippen molar-refractivity contribution in [2.75, 3.05) is 13.1 Å². The fourth-order valence-electron chi connectivity index (χ4n) is 1.16. The van der Waals surface area contributed by atoms with Crippen LogP contribution in [-0.4, -0.2) is 53.4 Å². The van der Waals surface area contributed by atoms with E-state index in [0.29, 0.717) is 6.54 Å². The van der Waals surface area contributed by atoms with Crippen molar-refractivity contribution in [3.8, 4) is 0 Å². The van der Waals surface area contributed by atoms with Crippen molar-refractivity contribution in [2.24, 2.45) is 0 Å². The molecule has 110 valence electrons. The van der Waals surface area contributed by atoms with E-state index >= 15 is 0 Å². The van der Waals surface area contributed by atoms with Crippen LogP contribution in [0.3, 0.4) is 0 Å². The minimum atomic E-state index is -1.51. The molecule has 0 aliphatic heterocycles. The number of carbonyl (C=O) groups excluding carboxylic acids is 2. The van der Waals surface area contributed by atoms with Gasteiger partial charge in [0.15, 0.2) is 6.10 Å². The van der Waals surface area contributed by atoms with Crippen molar-refractivity contribution >= 4 is 17.9 Å². The molecule has 0 bridgehead atoms. The summed E-state index contributed by atoms with van der Waals surface area (Å²) < 4.78 is 0. The van der Waals surface area contributed by atoms with Crippen LogP contribution in [0.2, 0.25) is 0 Å². The summed E-state index contributed by atoms with van der Waals surface area (Å²) in [6.07, 6.45) is -0.803. The molecule has 8 heteroatoms. The Kier molecular flexibility index (Phi) is 8.27. The number of carboxylic acid groups (broad SMARTS) is 1. The lowest BCUT2D eigenvalue weighted by Crippen LogP contribution is -2.49. The lowest BCUT2D eigenvalue weighted by Gasteiger charge is -2.14. The van der Waals surface area contributed by atoms with Gasteiger partial charge < -0.3 is 26.2 Å². The van der Waals surface area contributed by atoms with E-state index in [-0.39, 0.29) is 18.9 Å². The molecule has 0 heterocycles. The maximum atomic E-state index is 11.4. The molecule has 3 amide bonds.